The molecule has 1 aromatic heterocycles. The standard InChI is InChI=1S/C10H8Cl3N3/c1-16(2)5-3-6(11)8-7(4-5)14-10(13)15-9(8)12/h3-4H,1-2H3. The van der Waals surface area contributed by atoms with Crippen LogP contribution in [0.2, 0.25) is 15.5 Å². The van der Waals surface area contributed by atoms with Gasteiger partial charge in [-0.05, 0) is 23.7 Å². The van der Waals surface area contributed by atoms with Crippen molar-refractivity contribution in [3.8, 4) is 0 Å². The van der Waals surface area contributed by atoms with Crippen molar-refractivity contribution >= 4 is 51.4 Å². The van der Waals surface area contributed by atoms with E-state index >= 15 is 0 Å². The minimum absolute atomic E-state index is 0.115. The summed E-state index contributed by atoms with van der Waals surface area (Å²) < 4.78 is 0. The fourth-order valence-corrected chi connectivity index (χ4v) is 2.23. The Morgan fingerprint density at radius 3 is 2.38 bits per heavy atom. The van der Waals surface area contributed by atoms with Crippen molar-refractivity contribution < 1.29 is 0 Å². The molecule has 16 heavy (non-hydrogen) atoms. The largest absolute Gasteiger partial charge is 0.378 e. The lowest BCUT2D eigenvalue weighted by Gasteiger charge is -2.14. The van der Waals surface area contributed by atoms with Gasteiger partial charge in [-0.25, -0.2) is 9.97 Å². The molecule has 0 aliphatic rings. The van der Waals surface area contributed by atoms with E-state index in [-0.39, 0.29) is 10.4 Å². The highest BCUT2D eigenvalue weighted by Gasteiger charge is 2.11. The van der Waals surface area contributed by atoms with Gasteiger partial charge in [-0.1, -0.05) is 23.2 Å². The number of nitrogens with zero attached hydrogens (tertiary/aromatic N) is 3. The Morgan fingerprint density at radius 1 is 1.06 bits per heavy atom. The number of hydrogen-bond acceptors (Lipinski definition) is 3. The lowest BCUT2D eigenvalue weighted by Crippen LogP contribution is -2.08. The van der Waals surface area contributed by atoms with Crippen molar-refractivity contribution in [1.29, 1.82) is 0 Å². The van der Waals surface area contributed by atoms with Crippen LogP contribution in [0.4, 0.5) is 5.69 Å². The first-order valence-corrected chi connectivity index (χ1v) is 5.62. The number of aromatic nitrogens is 2. The summed E-state index contributed by atoms with van der Waals surface area (Å²) >= 11 is 17.8. The van der Waals surface area contributed by atoms with Crippen LogP contribution in [-0.2, 0) is 0 Å². The maximum absolute atomic E-state index is 6.13. The van der Waals surface area contributed by atoms with Gasteiger partial charge in [0.15, 0.2) is 0 Å². The molecule has 0 aliphatic heterocycles. The highest BCUT2D eigenvalue weighted by Crippen LogP contribution is 2.32. The SMILES string of the molecule is CN(C)c1cc(Cl)c2c(Cl)nc(Cl)nc2c1. The van der Waals surface area contributed by atoms with Crippen molar-refractivity contribution in [2.24, 2.45) is 0 Å². The molecule has 0 aliphatic carbocycles. The average Bonchev–Trinajstić information content (AvgIpc) is 2.15. The van der Waals surface area contributed by atoms with E-state index in [0.717, 1.165) is 5.69 Å². The molecule has 84 valence electrons. The molecule has 0 N–H and O–H groups in total. The van der Waals surface area contributed by atoms with E-state index in [2.05, 4.69) is 9.97 Å². The molecule has 2 rings (SSSR count). The molecule has 0 spiro atoms. The molecule has 0 bridgehead atoms. The summed E-state index contributed by atoms with van der Waals surface area (Å²) in [5.41, 5.74) is 1.57. The first-order valence-electron chi connectivity index (χ1n) is 4.48. The molecule has 6 heteroatoms. The number of benzene rings is 1. The summed E-state index contributed by atoms with van der Waals surface area (Å²) in [7, 11) is 3.84. The summed E-state index contributed by atoms with van der Waals surface area (Å²) in [5, 5.41) is 1.52. The summed E-state index contributed by atoms with van der Waals surface area (Å²) in [4.78, 5) is 9.88. The van der Waals surface area contributed by atoms with Gasteiger partial charge in [0.1, 0.15) is 5.15 Å². The van der Waals surface area contributed by atoms with Crippen LogP contribution in [0.25, 0.3) is 10.9 Å². The number of hydrogen-bond donors (Lipinski definition) is 0. The second kappa shape index (κ2) is 4.24. The molecular weight excluding hydrogens is 268 g/mol. The Kier molecular flexibility index (Phi) is 3.10. The maximum atomic E-state index is 6.13. The van der Waals surface area contributed by atoms with Crippen molar-refractivity contribution in [3.63, 3.8) is 0 Å². The van der Waals surface area contributed by atoms with Gasteiger partial charge in [0.2, 0.25) is 5.28 Å². The van der Waals surface area contributed by atoms with Crippen LogP contribution < -0.4 is 4.90 Å². The summed E-state index contributed by atoms with van der Waals surface area (Å²) in [5.74, 6) is 0. The van der Waals surface area contributed by atoms with E-state index in [0.29, 0.717) is 15.9 Å². The Balaban J connectivity index is 2.81. The van der Waals surface area contributed by atoms with Gasteiger partial charge in [0, 0.05) is 19.8 Å². The minimum Gasteiger partial charge on any atom is -0.378 e. The van der Waals surface area contributed by atoms with E-state index in [1.807, 2.05) is 31.1 Å². The number of fused-ring (bicyclic) bond motifs is 1. The van der Waals surface area contributed by atoms with Gasteiger partial charge < -0.3 is 4.90 Å². The zero-order valence-electron chi connectivity index (χ0n) is 8.63. The van der Waals surface area contributed by atoms with E-state index in [9.17, 15) is 0 Å². The van der Waals surface area contributed by atoms with E-state index in [1.165, 1.54) is 0 Å². The molecule has 0 radical (unpaired) electrons. The van der Waals surface area contributed by atoms with Crippen LogP contribution in [0, 0.1) is 0 Å². The fraction of sp³-hybridized carbons (Fsp3) is 0.200. The Morgan fingerprint density at radius 2 is 1.75 bits per heavy atom. The second-order valence-electron chi connectivity index (χ2n) is 3.50. The van der Waals surface area contributed by atoms with Gasteiger partial charge in [-0.15, -0.1) is 0 Å². The normalized spacial score (nSPS) is 10.8. The smallest absolute Gasteiger partial charge is 0.224 e. The molecule has 0 fully saturated rings. The third-order valence-corrected chi connectivity index (χ3v) is 2.92. The summed E-state index contributed by atoms with van der Waals surface area (Å²) in [6, 6.07) is 3.67. The Hall–Kier alpha value is -0.770. The average molecular weight is 277 g/mol. The topological polar surface area (TPSA) is 29.0 Å². The van der Waals surface area contributed by atoms with Crippen molar-refractivity contribution in [2.75, 3.05) is 19.0 Å². The zero-order chi connectivity index (χ0) is 11.9. The predicted molar refractivity (Wildman–Crippen MR) is 68.9 cm³/mol. The molecular formula is C10H8Cl3N3. The first-order chi connectivity index (χ1) is 7.49. The Bertz CT molecular complexity index is 554. The number of anilines is 1. The van der Waals surface area contributed by atoms with Crippen molar-refractivity contribution in [2.45, 2.75) is 0 Å². The minimum atomic E-state index is 0.115. The van der Waals surface area contributed by atoms with E-state index < -0.39 is 0 Å². The van der Waals surface area contributed by atoms with Crippen LogP contribution in [-0.4, -0.2) is 24.1 Å². The number of rotatable bonds is 1. The molecule has 0 unspecified atom stereocenters. The highest BCUT2D eigenvalue weighted by molar-refractivity contribution is 6.42. The monoisotopic (exact) mass is 275 g/mol. The summed E-state index contributed by atoms with van der Waals surface area (Å²) in [6.07, 6.45) is 0. The molecule has 0 amide bonds. The van der Waals surface area contributed by atoms with Crippen LogP contribution in [0.15, 0.2) is 12.1 Å². The van der Waals surface area contributed by atoms with Gasteiger partial charge in [-0.3, -0.25) is 0 Å². The third kappa shape index (κ3) is 2.03. The lowest BCUT2D eigenvalue weighted by atomic mass is 10.2. The number of halogens is 3. The molecule has 0 saturated heterocycles. The van der Waals surface area contributed by atoms with Crippen molar-refractivity contribution in [3.05, 3.63) is 27.6 Å². The van der Waals surface area contributed by atoms with E-state index in [1.54, 1.807) is 0 Å². The fourth-order valence-electron chi connectivity index (χ4n) is 1.39. The van der Waals surface area contributed by atoms with Gasteiger partial charge in [0.25, 0.3) is 0 Å². The molecule has 3 nitrogen and oxygen atoms in total. The van der Waals surface area contributed by atoms with Crippen LogP contribution >= 0.6 is 34.8 Å². The highest BCUT2D eigenvalue weighted by atomic mass is 35.5. The van der Waals surface area contributed by atoms with Gasteiger partial charge >= 0.3 is 0 Å². The summed E-state index contributed by atoms with van der Waals surface area (Å²) in [6.45, 7) is 0. The second-order valence-corrected chi connectivity index (χ2v) is 4.60. The van der Waals surface area contributed by atoms with Crippen molar-refractivity contribution in [1.82, 2.24) is 9.97 Å². The van der Waals surface area contributed by atoms with Gasteiger partial charge in [-0.2, -0.15) is 0 Å². The molecule has 0 saturated carbocycles. The maximum Gasteiger partial charge on any atom is 0.224 e. The lowest BCUT2D eigenvalue weighted by molar-refractivity contribution is 1.13. The molecule has 0 atom stereocenters. The third-order valence-electron chi connectivity index (χ3n) is 2.18. The zero-order valence-corrected chi connectivity index (χ0v) is 10.9. The molecule has 1 heterocycles. The van der Waals surface area contributed by atoms with Crippen LogP contribution in [0.1, 0.15) is 0 Å². The van der Waals surface area contributed by atoms with Gasteiger partial charge in [0.05, 0.1) is 15.9 Å². The predicted octanol–water partition coefficient (Wildman–Crippen LogP) is 3.66. The quantitative estimate of drug-likeness (QED) is 0.588. The van der Waals surface area contributed by atoms with E-state index in [4.69, 9.17) is 34.8 Å². The first kappa shape index (κ1) is 11.7. The molecule has 2 aromatic rings. The molecule has 1 aromatic carbocycles. The van der Waals surface area contributed by atoms with Crippen LogP contribution in [0.5, 0.6) is 0 Å². The Labute approximate surface area is 108 Å². The van der Waals surface area contributed by atoms with Crippen LogP contribution in [0.3, 0.4) is 0 Å².